The Balaban J connectivity index is 3.33. The second-order valence-electron chi connectivity index (χ2n) is 5.92. The van der Waals surface area contributed by atoms with Crippen LogP contribution in [-0.4, -0.2) is 81.4 Å². The summed E-state index contributed by atoms with van der Waals surface area (Å²) < 4.78 is 105. The van der Waals surface area contributed by atoms with Crippen molar-refractivity contribution in [2.24, 2.45) is 0 Å². The van der Waals surface area contributed by atoms with Gasteiger partial charge in [0, 0.05) is 32.4 Å². The first-order valence-corrected chi connectivity index (χ1v) is 9.97. The molecule has 0 aromatic heterocycles. The van der Waals surface area contributed by atoms with Crippen LogP contribution in [0.25, 0.3) is 0 Å². The molecule has 0 radical (unpaired) electrons. The average Bonchev–Trinajstić information content (AvgIpc) is 2.37. The Morgan fingerprint density at radius 3 is 1.61 bits per heavy atom. The molecule has 0 aromatic rings. The van der Waals surface area contributed by atoms with E-state index in [0.29, 0.717) is 4.31 Å². The van der Waals surface area contributed by atoms with E-state index in [1.165, 1.54) is 0 Å². The van der Waals surface area contributed by atoms with Crippen LogP contribution in [0, 0.1) is 0 Å². The Bertz CT molecular complexity index is 654. The highest BCUT2D eigenvalue weighted by atomic mass is 32.2. The summed E-state index contributed by atoms with van der Waals surface area (Å²) in [5.41, 5.74) is -4.48. The second kappa shape index (κ2) is 5.81. The predicted molar refractivity (Wildman–Crippen MR) is 76.8 cm³/mol. The van der Waals surface area contributed by atoms with Gasteiger partial charge in [0.05, 0.1) is 0 Å². The van der Waals surface area contributed by atoms with Crippen LogP contribution in [0.1, 0.15) is 13.8 Å². The van der Waals surface area contributed by atoms with E-state index in [1.807, 2.05) is 0 Å². The third-order valence-corrected chi connectivity index (χ3v) is 8.06. The van der Waals surface area contributed by atoms with Crippen molar-refractivity contribution in [1.29, 1.82) is 0 Å². The number of likely N-dealkylation sites (N-methyl/N-ethyl adjacent to an activating group) is 1. The SMILES string of the molecule is CN1CCN(S(=O)(=O)C(F)(F)C(C)(F)C(C)(F)S(C)(=O)=O)CC1. The topological polar surface area (TPSA) is 74.8 Å². The lowest BCUT2D eigenvalue weighted by molar-refractivity contribution is -0.115. The minimum Gasteiger partial charge on any atom is -0.304 e. The van der Waals surface area contributed by atoms with Crippen molar-refractivity contribution in [2.75, 3.05) is 39.5 Å². The van der Waals surface area contributed by atoms with E-state index in [2.05, 4.69) is 0 Å². The zero-order valence-electron chi connectivity index (χ0n) is 13.2. The number of hydrogen-bond acceptors (Lipinski definition) is 5. The van der Waals surface area contributed by atoms with Gasteiger partial charge in [-0.25, -0.2) is 25.6 Å². The Kier molecular flexibility index (Phi) is 5.20. The highest BCUT2D eigenvalue weighted by Crippen LogP contribution is 2.49. The van der Waals surface area contributed by atoms with Crippen LogP contribution in [0.2, 0.25) is 0 Å². The van der Waals surface area contributed by atoms with Crippen molar-refractivity contribution in [3.63, 3.8) is 0 Å². The first-order chi connectivity index (χ1) is 10.00. The quantitative estimate of drug-likeness (QED) is 0.650. The summed E-state index contributed by atoms with van der Waals surface area (Å²) in [6.07, 6.45) is 0.226. The van der Waals surface area contributed by atoms with E-state index >= 15 is 0 Å². The van der Waals surface area contributed by atoms with Crippen molar-refractivity contribution in [3.05, 3.63) is 0 Å². The summed E-state index contributed by atoms with van der Waals surface area (Å²) >= 11 is 0. The molecule has 0 N–H and O–H groups in total. The van der Waals surface area contributed by atoms with Gasteiger partial charge in [0.2, 0.25) is 10.7 Å². The third-order valence-electron chi connectivity index (χ3n) is 4.21. The van der Waals surface area contributed by atoms with Gasteiger partial charge in [-0.05, 0) is 20.9 Å². The van der Waals surface area contributed by atoms with Gasteiger partial charge in [-0.3, -0.25) is 0 Å². The van der Waals surface area contributed by atoms with Crippen LogP contribution in [0.4, 0.5) is 17.6 Å². The summed E-state index contributed by atoms with van der Waals surface area (Å²) in [6.45, 7) is -0.343. The standard InChI is InChI=1S/C11H20F4N2O4S2/c1-9(12,10(2,13)22(4,18)19)11(14,15)23(20,21)17-7-5-16(3)6-8-17/h5-8H2,1-4H3. The van der Waals surface area contributed by atoms with Crippen molar-refractivity contribution in [1.82, 2.24) is 9.21 Å². The minimum atomic E-state index is -5.59. The molecule has 0 saturated carbocycles. The number of nitrogens with zero attached hydrogens (tertiary/aromatic N) is 2. The number of rotatable bonds is 5. The molecular weight excluding hydrogens is 364 g/mol. The molecule has 2 atom stereocenters. The van der Waals surface area contributed by atoms with Crippen LogP contribution in [0.5, 0.6) is 0 Å². The van der Waals surface area contributed by atoms with Gasteiger partial charge in [0.25, 0.3) is 10.0 Å². The maximum absolute atomic E-state index is 14.5. The summed E-state index contributed by atoms with van der Waals surface area (Å²) in [7, 11) is -8.91. The van der Waals surface area contributed by atoms with Crippen LogP contribution >= 0.6 is 0 Å². The van der Waals surface area contributed by atoms with E-state index in [9.17, 15) is 34.4 Å². The van der Waals surface area contributed by atoms with Gasteiger partial charge in [-0.1, -0.05) is 0 Å². The molecule has 1 fully saturated rings. The molecule has 23 heavy (non-hydrogen) atoms. The lowest BCUT2D eigenvalue weighted by Crippen LogP contribution is -2.65. The summed E-state index contributed by atoms with van der Waals surface area (Å²) in [5, 5.41) is -9.36. The highest BCUT2D eigenvalue weighted by Gasteiger charge is 2.74. The zero-order chi connectivity index (χ0) is 18.5. The van der Waals surface area contributed by atoms with E-state index in [1.54, 1.807) is 11.9 Å². The van der Waals surface area contributed by atoms with Crippen LogP contribution < -0.4 is 0 Å². The minimum absolute atomic E-state index is 0.0539. The van der Waals surface area contributed by atoms with Gasteiger partial charge in [0.15, 0.2) is 9.84 Å². The largest absolute Gasteiger partial charge is 0.396 e. The number of sulfone groups is 1. The normalized spacial score (nSPS) is 24.9. The Morgan fingerprint density at radius 2 is 1.26 bits per heavy atom. The summed E-state index contributed by atoms with van der Waals surface area (Å²) in [5.74, 6) is 0. The Hall–Kier alpha value is -0.460. The predicted octanol–water partition coefficient (Wildman–Crippen LogP) is 0.615. The fourth-order valence-corrected chi connectivity index (χ4v) is 4.57. The van der Waals surface area contributed by atoms with Crippen LogP contribution in [-0.2, 0) is 19.9 Å². The molecular formula is C11H20F4N2O4S2. The van der Waals surface area contributed by atoms with Gasteiger partial charge in [0.1, 0.15) is 0 Å². The second-order valence-corrected chi connectivity index (χ2v) is 10.2. The lowest BCUT2D eigenvalue weighted by Gasteiger charge is -2.40. The Labute approximate surface area is 133 Å². The molecule has 1 heterocycles. The number of piperazine rings is 1. The van der Waals surface area contributed by atoms with Gasteiger partial charge < -0.3 is 4.90 Å². The molecule has 1 rings (SSSR count). The van der Waals surface area contributed by atoms with E-state index in [-0.39, 0.29) is 46.3 Å². The molecule has 1 saturated heterocycles. The molecule has 0 aromatic carbocycles. The molecule has 0 amide bonds. The van der Waals surface area contributed by atoms with Gasteiger partial charge in [-0.2, -0.15) is 13.1 Å². The third kappa shape index (κ3) is 3.10. The van der Waals surface area contributed by atoms with Crippen LogP contribution in [0.15, 0.2) is 0 Å². The molecule has 1 aliphatic heterocycles. The molecule has 2 unspecified atom stereocenters. The van der Waals surface area contributed by atoms with E-state index < -0.39 is 35.8 Å². The zero-order valence-corrected chi connectivity index (χ0v) is 14.8. The van der Waals surface area contributed by atoms with Crippen LogP contribution in [0.3, 0.4) is 0 Å². The average molecular weight is 384 g/mol. The fourth-order valence-electron chi connectivity index (χ4n) is 2.04. The van der Waals surface area contributed by atoms with Crippen molar-refractivity contribution < 1.29 is 34.4 Å². The smallest absolute Gasteiger partial charge is 0.304 e. The van der Waals surface area contributed by atoms with E-state index in [4.69, 9.17) is 0 Å². The number of halogens is 4. The lowest BCUT2D eigenvalue weighted by atomic mass is 10.0. The number of hydrogen-bond donors (Lipinski definition) is 0. The van der Waals surface area contributed by atoms with Crippen molar-refractivity contribution in [3.8, 4) is 0 Å². The monoisotopic (exact) mass is 384 g/mol. The summed E-state index contributed by atoms with van der Waals surface area (Å²) in [6, 6.07) is 0. The van der Waals surface area contributed by atoms with Crippen molar-refractivity contribution >= 4 is 19.9 Å². The molecule has 0 spiro atoms. The molecule has 1 aliphatic rings. The number of sulfonamides is 1. The molecule has 6 nitrogen and oxygen atoms in total. The molecule has 0 bridgehead atoms. The maximum atomic E-state index is 14.5. The molecule has 0 aliphatic carbocycles. The first kappa shape index (κ1) is 20.6. The number of alkyl halides is 4. The first-order valence-electron chi connectivity index (χ1n) is 6.63. The van der Waals surface area contributed by atoms with Crippen molar-refractivity contribution in [2.45, 2.75) is 29.8 Å². The van der Waals surface area contributed by atoms with Gasteiger partial charge >= 0.3 is 5.25 Å². The molecule has 12 heteroatoms. The van der Waals surface area contributed by atoms with E-state index in [0.717, 1.165) is 0 Å². The Morgan fingerprint density at radius 1 is 0.870 bits per heavy atom. The fraction of sp³-hybridized carbons (Fsp3) is 1.00. The molecule has 138 valence electrons. The highest BCUT2D eigenvalue weighted by molar-refractivity contribution is 7.92. The van der Waals surface area contributed by atoms with Gasteiger partial charge in [-0.15, -0.1) is 0 Å². The maximum Gasteiger partial charge on any atom is 0.396 e. The summed E-state index contributed by atoms with van der Waals surface area (Å²) in [4.78, 5) is 1.68.